The number of hydrogen-bond donors (Lipinski definition) is 1. The number of rotatable bonds is 2. The molecule has 0 saturated carbocycles. The second-order valence-corrected chi connectivity index (χ2v) is 4.31. The monoisotopic (exact) mass is 198 g/mol. The van der Waals surface area contributed by atoms with E-state index in [0.717, 1.165) is 32.6 Å². The van der Waals surface area contributed by atoms with Crippen LogP contribution < -0.4 is 4.80 Å². The molecule has 3 nitrogen and oxygen atoms in total. The highest BCUT2D eigenvalue weighted by Gasteiger charge is 2.14. The zero-order valence-electron chi connectivity index (χ0n) is 7.53. The molecule has 1 aliphatic heterocycles. The summed E-state index contributed by atoms with van der Waals surface area (Å²) >= 11 is 1.49. The van der Waals surface area contributed by atoms with Crippen molar-refractivity contribution in [1.82, 2.24) is 4.57 Å². The van der Waals surface area contributed by atoms with E-state index in [1.165, 1.54) is 11.3 Å². The number of aromatic nitrogens is 1. The fourth-order valence-corrected chi connectivity index (χ4v) is 2.26. The molecule has 0 radical (unpaired) electrons. The van der Waals surface area contributed by atoms with Crippen molar-refractivity contribution in [3.63, 3.8) is 0 Å². The Morgan fingerprint density at radius 1 is 1.54 bits per heavy atom. The summed E-state index contributed by atoms with van der Waals surface area (Å²) in [6, 6.07) is 0. The maximum atomic E-state index is 7.62. The van der Waals surface area contributed by atoms with Crippen LogP contribution in [0.15, 0.2) is 11.6 Å². The average Bonchev–Trinajstić information content (AvgIpc) is 2.54. The highest BCUT2D eigenvalue weighted by Crippen LogP contribution is 2.16. The summed E-state index contributed by atoms with van der Waals surface area (Å²) in [6.07, 6.45) is 4.28. The third-order valence-electron chi connectivity index (χ3n) is 2.48. The average molecular weight is 198 g/mol. The highest BCUT2D eigenvalue weighted by atomic mass is 32.1. The van der Waals surface area contributed by atoms with Gasteiger partial charge in [0.25, 0.3) is 0 Å². The van der Waals surface area contributed by atoms with E-state index in [-0.39, 0.29) is 0 Å². The largest absolute Gasteiger partial charge is 0.381 e. The molecule has 0 amide bonds. The molecule has 1 aliphatic rings. The maximum absolute atomic E-state index is 7.62. The summed E-state index contributed by atoms with van der Waals surface area (Å²) in [5.74, 6) is 0.706. The van der Waals surface area contributed by atoms with Crippen molar-refractivity contribution in [1.29, 1.82) is 5.41 Å². The van der Waals surface area contributed by atoms with E-state index in [0.29, 0.717) is 10.7 Å². The maximum Gasteiger partial charge on any atom is 0.181 e. The number of nitrogens with zero attached hydrogens (tertiary/aromatic N) is 1. The van der Waals surface area contributed by atoms with E-state index in [2.05, 4.69) is 0 Å². The van der Waals surface area contributed by atoms with Gasteiger partial charge in [0.15, 0.2) is 4.80 Å². The molecule has 1 saturated heterocycles. The zero-order valence-corrected chi connectivity index (χ0v) is 8.35. The fraction of sp³-hybridized carbons (Fsp3) is 0.667. The van der Waals surface area contributed by atoms with Crippen LogP contribution in [0.25, 0.3) is 0 Å². The van der Waals surface area contributed by atoms with Gasteiger partial charge in [0.1, 0.15) is 0 Å². The topological polar surface area (TPSA) is 38.0 Å². The van der Waals surface area contributed by atoms with Crippen LogP contribution in [0.3, 0.4) is 0 Å². The van der Waals surface area contributed by atoms with Crippen LogP contribution in [0.2, 0.25) is 0 Å². The summed E-state index contributed by atoms with van der Waals surface area (Å²) in [5, 5.41) is 9.59. The lowest BCUT2D eigenvalue weighted by molar-refractivity contribution is 0.0610. The number of thiazole rings is 1. The molecule has 2 heterocycles. The predicted octanol–water partition coefficient (Wildman–Crippen LogP) is 1.46. The Balaban J connectivity index is 1.97. The van der Waals surface area contributed by atoms with Crippen LogP contribution in [0.1, 0.15) is 12.8 Å². The normalized spacial score (nSPS) is 19.1. The van der Waals surface area contributed by atoms with Gasteiger partial charge in [0.2, 0.25) is 0 Å². The van der Waals surface area contributed by atoms with Crippen molar-refractivity contribution in [3.8, 4) is 0 Å². The smallest absolute Gasteiger partial charge is 0.181 e. The first-order chi connectivity index (χ1) is 6.36. The summed E-state index contributed by atoms with van der Waals surface area (Å²) in [5.41, 5.74) is 0. The van der Waals surface area contributed by atoms with Gasteiger partial charge in [-0.2, -0.15) is 0 Å². The van der Waals surface area contributed by atoms with Gasteiger partial charge < -0.3 is 9.30 Å². The Hall–Kier alpha value is -0.610. The van der Waals surface area contributed by atoms with Crippen LogP contribution in [0.5, 0.6) is 0 Å². The second kappa shape index (κ2) is 4.07. The molecule has 4 heteroatoms. The van der Waals surface area contributed by atoms with Gasteiger partial charge in [-0.25, -0.2) is 0 Å². The van der Waals surface area contributed by atoms with Gasteiger partial charge in [-0.05, 0) is 18.8 Å². The van der Waals surface area contributed by atoms with Crippen LogP contribution in [0, 0.1) is 11.3 Å². The quantitative estimate of drug-likeness (QED) is 0.767. The number of ether oxygens (including phenoxy) is 1. The minimum Gasteiger partial charge on any atom is -0.381 e. The van der Waals surface area contributed by atoms with Crippen LogP contribution in [-0.4, -0.2) is 17.8 Å². The first kappa shape index (κ1) is 8.97. The Labute approximate surface area is 81.5 Å². The molecule has 2 rings (SSSR count). The predicted molar refractivity (Wildman–Crippen MR) is 51.7 cm³/mol. The fourth-order valence-electron chi connectivity index (χ4n) is 1.65. The van der Waals surface area contributed by atoms with E-state index in [4.69, 9.17) is 10.1 Å². The van der Waals surface area contributed by atoms with Crippen molar-refractivity contribution in [2.45, 2.75) is 19.4 Å². The molecule has 13 heavy (non-hydrogen) atoms. The van der Waals surface area contributed by atoms with Gasteiger partial charge in [0.05, 0.1) is 0 Å². The molecule has 1 fully saturated rings. The second-order valence-electron chi connectivity index (χ2n) is 3.42. The SMILES string of the molecule is N=c1sccn1CC1CCOCC1. The molecule has 0 spiro atoms. The van der Waals surface area contributed by atoms with E-state index >= 15 is 0 Å². The lowest BCUT2D eigenvalue weighted by atomic mass is 10.0. The third-order valence-corrected chi connectivity index (χ3v) is 3.19. The minimum absolute atomic E-state index is 0.659. The van der Waals surface area contributed by atoms with Crippen molar-refractivity contribution >= 4 is 11.3 Å². The van der Waals surface area contributed by atoms with Crippen molar-refractivity contribution < 1.29 is 4.74 Å². The Bertz CT molecular complexity index is 311. The van der Waals surface area contributed by atoms with Crippen LogP contribution in [-0.2, 0) is 11.3 Å². The van der Waals surface area contributed by atoms with Crippen molar-refractivity contribution in [2.75, 3.05) is 13.2 Å². The Kier molecular flexibility index (Phi) is 2.80. The molecule has 0 atom stereocenters. The van der Waals surface area contributed by atoms with Crippen molar-refractivity contribution in [2.24, 2.45) is 5.92 Å². The van der Waals surface area contributed by atoms with E-state index in [1.807, 2.05) is 16.1 Å². The highest BCUT2D eigenvalue weighted by molar-refractivity contribution is 7.06. The zero-order chi connectivity index (χ0) is 9.10. The molecular formula is C9H14N2OS. The molecule has 1 aromatic heterocycles. The van der Waals surface area contributed by atoms with Gasteiger partial charge >= 0.3 is 0 Å². The van der Waals surface area contributed by atoms with E-state index < -0.39 is 0 Å². The first-order valence-corrected chi connectivity index (χ1v) is 5.50. The molecule has 0 unspecified atom stereocenters. The molecular weight excluding hydrogens is 184 g/mol. The minimum atomic E-state index is 0.659. The summed E-state index contributed by atoms with van der Waals surface area (Å²) in [6.45, 7) is 2.77. The van der Waals surface area contributed by atoms with Crippen molar-refractivity contribution in [3.05, 3.63) is 16.4 Å². The van der Waals surface area contributed by atoms with E-state index in [1.54, 1.807) is 0 Å². The lowest BCUT2D eigenvalue weighted by Gasteiger charge is -2.22. The van der Waals surface area contributed by atoms with E-state index in [9.17, 15) is 0 Å². The van der Waals surface area contributed by atoms with Crippen LogP contribution >= 0.6 is 11.3 Å². The molecule has 0 aromatic carbocycles. The van der Waals surface area contributed by atoms with Gasteiger partial charge in [0, 0.05) is 31.3 Å². The molecule has 0 aliphatic carbocycles. The Morgan fingerprint density at radius 3 is 2.92 bits per heavy atom. The van der Waals surface area contributed by atoms with Gasteiger partial charge in [-0.1, -0.05) is 0 Å². The van der Waals surface area contributed by atoms with Gasteiger partial charge in [-0.15, -0.1) is 11.3 Å². The number of hydrogen-bond acceptors (Lipinski definition) is 3. The third kappa shape index (κ3) is 2.19. The molecule has 0 bridgehead atoms. The van der Waals surface area contributed by atoms with Gasteiger partial charge in [-0.3, -0.25) is 5.41 Å². The molecule has 1 aromatic rings. The summed E-state index contributed by atoms with van der Waals surface area (Å²) in [4.78, 5) is 0.659. The molecule has 1 N–H and O–H groups in total. The van der Waals surface area contributed by atoms with Crippen LogP contribution in [0.4, 0.5) is 0 Å². The summed E-state index contributed by atoms with van der Waals surface area (Å²) < 4.78 is 7.32. The number of nitrogens with one attached hydrogen (secondary N) is 1. The summed E-state index contributed by atoms with van der Waals surface area (Å²) in [7, 11) is 0. The lowest BCUT2D eigenvalue weighted by Crippen LogP contribution is -2.24. The standard InChI is InChI=1S/C9H14N2OS/c10-9-11(3-6-13-9)7-8-1-4-12-5-2-8/h3,6,8,10H,1-2,4-5,7H2. The Morgan fingerprint density at radius 2 is 2.31 bits per heavy atom. The molecule has 72 valence electrons. The first-order valence-electron chi connectivity index (χ1n) is 4.62.